The molecule has 0 saturated heterocycles. The molecule has 7 heteroatoms. The van der Waals surface area contributed by atoms with Gasteiger partial charge in [-0.05, 0) is 25.0 Å². The number of methoxy groups -OCH3 is 2. The highest BCUT2D eigenvalue weighted by atomic mass is 16.5. The van der Waals surface area contributed by atoms with E-state index < -0.39 is 17.1 Å². The van der Waals surface area contributed by atoms with Crippen molar-refractivity contribution in [1.29, 1.82) is 0 Å². The number of aliphatic hydroxyl groups is 2. The third kappa shape index (κ3) is 2.01. The molecule has 2 aliphatic carbocycles. The molecule has 2 N–H and O–H groups in total. The monoisotopic (exact) mass is 407 g/mol. The van der Waals surface area contributed by atoms with E-state index in [9.17, 15) is 19.8 Å². The van der Waals surface area contributed by atoms with Gasteiger partial charge in [0, 0.05) is 29.3 Å². The fraction of sp³-hybridized carbons (Fsp3) is 0.304. The fourth-order valence-corrected chi connectivity index (χ4v) is 5.05. The summed E-state index contributed by atoms with van der Waals surface area (Å²) in [7, 11) is 3.01. The Labute approximate surface area is 173 Å². The van der Waals surface area contributed by atoms with Crippen molar-refractivity contribution in [3.05, 3.63) is 64.9 Å². The summed E-state index contributed by atoms with van der Waals surface area (Å²) in [5.41, 5.74) is -3.30. The van der Waals surface area contributed by atoms with Crippen LogP contribution in [0.5, 0.6) is 11.5 Å². The van der Waals surface area contributed by atoms with Gasteiger partial charge in [-0.15, -0.1) is 0 Å². The number of fused-ring (bicyclic) bond motifs is 4. The van der Waals surface area contributed by atoms with Crippen LogP contribution in [-0.2, 0) is 10.5 Å². The Hall–Kier alpha value is -3.16. The van der Waals surface area contributed by atoms with Crippen molar-refractivity contribution in [2.45, 2.75) is 30.6 Å². The Bertz CT molecular complexity index is 1140. The highest BCUT2D eigenvalue weighted by Crippen LogP contribution is 2.61. The molecule has 0 bridgehead atoms. The number of hydrogen-bond acceptors (Lipinski definition) is 7. The first kappa shape index (κ1) is 18.8. The van der Waals surface area contributed by atoms with E-state index in [4.69, 9.17) is 9.47 Å². The molecule has 0 radical (unpaired) electrons. The lowest BCUT2D eigenvalue weighted by molar-refractivity contribution is -0.123. The molecule has 0 amide bonds. The van der Waals surface area contributed by atoms with Gasteiger partial charge in [0.1, 0.15) is 11.5 Å². The molecule has 2 aromatic carbocycles. The van der Waals surface area contributed by atoms with Gasteiger partial charge in [-0.1, -0.05) is 24.3 Å². The topological polar surface area (TPSA) is 96.3 Å². The van der Waals surface area contributed by atoms with Crippen molar-refractivity contribution in [3.63, 3.8) is 0 Å². The van der Waals surface area contributed by atoms with E-state index in [2.05, 4.69) is 0 Å². The summed E-state index contributed by atoms with van der Waals surface area (Å²) in [5, 5.41) is 23.9. The zero-order valence-corrected chi connectivity index (χ0v) is 16.6. The van der Waals surface area contributed by atoms with Gasteiger partial charge in [0.25, 0.3) is 0 Å². The minimum Gasteiger partial charge on any atom is -0.497 e. The first-order valence-electron chi connectivity index (χ1n) is 9.77. The zero-order valence-electron chi connectivity index (χ0n) is 16.6. The number of anilines is 1. The van der Waals surface area contributed by atoms with Crippen LogP contribution in [0.25, 0.3) is 0 Å². The van der Waals surface area contributed by atoms with Crippen LogP contribution in [0, 0.1) is 0 Å². The lowest BCUT2D eigenvalue weighted by Crippen LogP contribution is -2.58. The summed E-state index contributed by atoms with van der Waals surface area (Å²) in [6.45, 7) is 0. The molecule has 0 saturated carbocycles. The largest absolute Gasteiger partial charge is 0.497 e. The summed E-state index contributed by atoms with van der Waals surface area (Å²) in [4.78, 5) is 27.8. The normalized spacial score (nSPS) is 27.1. The number of rotatable bonds is 3. The highest BCUT2D eigenvalue weighted by molar-refractivity contribution is 6.19. The van der Waals surface area contributed by atoms with Crippen molar-refractivity contribution in [1.82, 2.24) is 0 Å². The molecular weight excluding hydrogens is 386 g/mol. The van der Waals surface area contributed by atoms with E-state index >= 15 is 0 Å². The number of ether oxygens (including phenoxy) is 2. The quantitative estimate of drug-likeness (QED) is 0.806. The van der Waals surface area contributed by atoms with Crippen molar-refractivity contribution < 1.29 is 29.3 Å². The Morgan fingerprint density at radius 3 is 2.50 bits per heavy atom. The number of carbonyl (C=O) groups is 2. The van der Waals surface area contributed by atoms with E-state index in [0.717, 1.165) is 0 Å². The molecular formula is C23H21NO6. The second-order valence-electron chi connectivity index (χ2n) is 7.73. The van der Waals surface area contributed by atoms with Crippen LogP contribution in [0.15, 0.2) is 53.7 Å². The summed E-state index contributed by atoms with van der Waals surface area (Å²) in [5.74, 6) is -0.0858. The van der Waals surface area contributed by atoms with Gasteiger partial charge >= 0.3 is 0 Å². The van der Waals surface area contributed by atoms with Crippen LogP contribution >= 0.6 is 0 Å². The number of hydrogen-bond donors (Lipinski definition) is 2. The summed E-state index contributed by atoms with van der Waals surface area (Å²) in [6, 6.07) is 11.6. The average Bonchev–Trinajstić information content (AvgIpc) is 3.08. The summed E-state index contributed by atoms with van der Waals surface area (Å²) in [6.07, 6.45) is 1.20. The second kappa shape index (κ2) is 6.17. The van der Waals surface area contributed by atoms with Crippen molar-refractivity contribution in [2.24, 2.45) is 0 Å². The molecule has 7 nitrogen and oxygen atoms in total. The van der Waals surface area contributed by atoms with Crippen LogP contribution < -0.4 is 14.4 Å². The van der Waals surface area contributed by atoms with Crippen LogP contribution in [0.4, 0.5) is 5.69 Å². The van der Waals surface area contributed by atoms with Crippen molar-refractivity contribution in [3.8, 4) is 11.5 Å². The van der Waals surface area contributed by atoms with Gasteiger partial charge in [-0.3, -0.25) is 9.59 Å². The zero-order chi connectivity index (χ0) is 21.3. The number of carbonyl (C=O) groups excluding carboxylic acids is 2. The number of Topliss-reactive ketones (excluding diaryl/α,β-unsaturated/α-hetero) is 2. The lowest BCUT2D eigenvalue weighted by atomic mass is 9.80. The summed E-state index contributed by atoms with van der Waals surface area (Å²) < 4.78 is 10.9. The molecule has 0 fully saturated rings. The number of benzene rings is 2. The van der Waals surface area contributed by atoms with E-state index in [0.29, 0.717) is 35.7 Å². The Morgan fingerprint density at radius 2 is 1.77 bits per heavy atom. The first-order chi connectivity index (χ1) is 14.4. The van der Waals surface area contributed by atoms with Gasteiger partial charge in [0.15, 0.2) is 5.78 Å². The minimum absolute atomic E-state index is 0.0256. The third-order valence-corrected chi connectivity index (χ3v) is 6.35. The molecule has 5 rings (SSSR count). The van der Waals surface area contributed by atoms with Gasteiger partial charge in [-0.2, -0.15) is 0 Å². The number of allylic oxidation sites excluding steroid dienone is 1. The fourth-order valence-electron chi connectivity index (χ4n) is 5.05. The highest BCUT2D eigenvalue weighted by Gasteiger charge is 2.73. The van der Waals surface area contributed by atoms with E-state index in [-0.39, 0.29) is 28.9 Å². The molecule has 30 heavy (non-hydrogen) atoms. The van der Waals surface area contributed by atoms with Crippen LogP contribution in [0.2, 0.25) is 0 Å². The Morgan fingerprint density at radius 1 is 1.00 bits per heavy atom. The second-order valence-corrected chi connectivity index (χ2v) is 7.73. The maximum Gasteiger partial charge on any atom is 0.211 e. The average molecular weight is 407 g/mol. The van der Waals surface area contributed by atoms with Gasteiger partial charge in [0.05, 0.1) is 25.5 Å². The predicted octanol–water partition coefficient (Wildman–Crippen LogP) is 2.30. The maximum absolute atomic E-state index is 13.4. The Kier molecular flexibility index (Phi) is 3.87. The molecule has 0 unspecified atom stereocenters. The standard InChI is InChI=1S/C23H21NO6/c1-29-13-10-11-19(30-2)17(12-13)24-16-8-5-9-18(25)20(16)22(27)21(26)14-6-3-4-7-15(14)23(22,24)28/h3-4,6-7,10-12,27-28H,5,8-9H2,1-2H3/t22-,23+/m0/s1. The van der Waals surface area contributed by atoms with Gasteiger partial charge < -0.3 is 24.6 Å². The van der Waals surface area contributed by atoms with Crippen LogP contribution in [0.1, 0.15) is 35.2 Å². The molecule has 1 aliphatic heterocycles. The minimum atomic E-state index is -2.39. The third-order valence-electron chi connectivity index (χ3n) is 6.35. The van der Waals surface area contributed by atoms with Gasteiger partial charge in [0.2, 0.25) is 17.1 Å². The molecule has 0 aromatic heterocycles. The number of nitrogens with zero attached hydrogens (tertiary/aromatic N) is 1. The number of ketones is 2. The SMILES string of the molecule is COc1ccc(OC)c(N2C3=C(C(=O)CCC3)[C@]3(O)C(=O)c4ccccc4[C@]23O)c1. The van der Waals surface area contributed by atoms with Crippen molar-refractivity contribution in [2.75, 3.05) is 19.1 Å². The molecule has 3 aliphatic rings. The molecule has 154 valence electrons. The van der Waals surface area contributed by atoms with Crippen LogP contribution in [0.3, 0.4) is 0 Å². The predicted molar refractivity (Wildman–Crippen MR) is 108 cm³/mol. The molecule has 1 heterocycles. The summed E-state index contributed by atoms with van der Waals surface area (Å²) >= 11 is 0. The molecule has 2 atom stereocenters. The first-order valence-corrected chi connectivity index (χ1v) is 9.77. The van der Waals surface area contributed by atoms with Gasteiger partial charge in [-0.25, -0.2) is 0 Å². The van der Waals surface area contributed by atoms with E-state index in [1.807, 2.05) is 0 Å². The maximum atomic E-state index is 13.4. The lowest BCUT2D eigenvalue weighted by Gasteiger charge is -2.40. The van der Waals surface area contributed by atoms with Crippen molar-refractivity contribution >= 4 is 17.3 Å². The smallest absolute Gasteiger partial charge is 0.211 e. The molecule has 2 aromatic rings. The van der Waals surface area contributed by atoms with Crippen LogP contribution in [-0.4, -0.2) is 41.6 Å². The Balaban J connectivity index is 1.88. The van der Waals surface area contributed by atoms with E-state index in [1.165, 1.54) is 19.1 Å². The van der Waals surface area contributed by atoms with E-state index in [1.54, 1.807) is 42.5 Å². The molecule has 0 spiro atoms.